The highest BCUT2D eigenvalue weighted by Crippen LogP contribution is 2.02. The summed E-state index contributed by atoms with van der Waals surface area (Å²) in [7, 11) is 1.68. The Bertz CT molecular complexity index is 332. The van der Waals surface area contributed by atoms with E-state index in [-0.39, 0.29) is 6.04 Å². The van der Waals surface area contributed by atoms with Gasteiger partial charge in [0.05, 0.1) is 13.2 Å². The van der Waals surface area contributed by atoms with Crippen LogP contribution < -0.4 is 5.73 Å². The molecule has 102 valence electrons. The largest absolute Gasteiger partial charge is 0.383 e. The van der Waals surface area contributed by atoms with Crippen molar-refractivity contribution in [2.24, 2.45) is 5.73 Å². The summed E-state index contributed by atoms with van der Waals surface area (Å²) in [6.45, 7) is 2.98. The van der Waals surface area contributed by atoms with E-state index in [0.717, 1.165) is 25.2 Å². The molecule has 1 unspecified atom stereocenters. The molecule has 0 aliphatic carbocycles. The van der Waals surface area contributed by atoms with E-state index in [1.807, 2.05) is 5.06 Å². The molecule has 18 heavy (non-hydrogen) atoms. The summed E-state index contributed by atoms with van der Waals surface area (Å²) in [4.78, 5) is 5.20. The first-order valence-corrected chi connectivity index (χ1v) is 5.66. The van der Waals surface area contributed by atoms with Crippen molar-refractivity contribution in [3.8, 4) is 0 Å². The Balaban J connectivity index is 0.000000184. The van der Waals surface area contributed by atoms with Gasteiger partial charge in [0.1, 0.15) is 0 Å². The first-order valence-electron chi connectivity index (χ1n) is 5.66. The van der Waals surface area contributed by atoms with Crippen molar-refractivity contribution >= 4 is 0 Å². The Morgan fingerprint density at radius 3 is 2.39 bits per heavy atom. The summed E-state index contributed by atoms with van der Waals surface area (Å²) in [6.07, 6.45) is 0. The van der Waals surface area contributed by atoms with Crippen LogP contribution in [0.25, 0.3) is 0 Å². The number of benzene rings is 1. The number of methoxy groups -OCH3 is 1. The number of nitrogens with zero attached hydrogens (tertiary/aromatic N) is 1. The van der Waals surface area contributed by atoms with E-state index in [9.17, 15) is 8.78 Å². The summed E-state index contributed by atoms with van der Waals surface area (Å²) >= 11 is 0. The molecule has 0 bridgehead atoms. The van der Waals surface area contributed by atoms with Gasteiger partial charge >= 0.3 is 0 Å². The second-order valence-electron chi connectivity index (χ2n) is 3.85. The van der Waals surface area contributed by atoms with Gasteiger partial charge in [0, 0.05) is 26.2 Å². The molecule has 1 heterocycles. The molecule has 1 aliphatic rings. The molecule has 0 spiro atoms. The van der Waals surface area contributed by atoms with Gasteiger partial charge in [-0.15, -0.1) is 0 Å². The number of hydrogen-bond acceptors (Lipinski definition) is 4. The van der Waals surface area contributed by atoms with Crippen molar-refractivity contribution < 1.29 is 18.4 Å². The van der Waals surface area contributed by atoms with E-state index in [2.05, 4.69) is 0 Å². The van der Waals surface area contributed by atoms with Crippen LogP contribution in [0.4, 0.5) is 8.78 Å². The van der Waals surface area contributed by atoms with Gasteiger partial charge in [-0.2, -0.15) is 5.06 Å². The zero-order chi connectivity index (χ0) is 13.4. The third-order valence-electron chi connectivity index (χ3n) is 2.28. The normalized spacial score (nSPS) is 19.4. The van der Waals surface area contributed by atoms with Crippen molar-refractivity contribution in [3.05, 3.63) is 35.9 Å². The third-order valence-corrected chi connectivity index (χ3v) is 2.28. The van der Waals surface area contributed by atoms with Crippen LogP contribution in [0.2, 0.25) is 0 Å². The second-order valence-corrected chi connectivity index (χ2v) is 3.85. The molecule has 1 aromatic rings. The molecule has 1 saturated heterocycles. The van der Waals surface area contributed by atoms with Gasteiger partial charge in [0.15, 0.2) is 11.6 Å². The van der Waals surface area contributed by atoms with Gasteiger partial charge in [-0.3, -0.25) is 4.84 Å². The molecular formula is C12H18F2N2O2. The Morgan fingerprint density at radius 1 is 1.39 bits per heavy atom. The molecule has 0 saturated carbocycles. The van der Waals surface area contributed by atoms with Gasteiger partial charge in [-0.25, -0.2) is 8.78 Å². The molecule has 0 aromatic heterocycles. The molecule has 0 amide bonds. The highest BCUT2D eigenvalue weighted by molar-refractivity contribution is 5.05. The van der Waals surface area contributed by atoms with Gasteiger partial charge in [0.2, 0.25) is 0 Å². The maximum absolute atomic E-state index is 11.9. The third kappa shape index (κ3) is 5.50. The predicted molar refractivity (Wildman–Crippen MR) is 63.7 cm³/mol. The van der Waals surface area contributed by atoms with Crippen LogP contribution >= 0.6 is 0 Å². The SMILES string of the molecule is COCCN1CC(N)CO1.Fc1ccccc1F. The maximum atomic E-state index is 11.9. The molecule has 0 radical (unpaired) electrons. The monoisotopic (exact) mass is 260 g/mol. The van der Waals surface area contributed by atoms with E-state index < -0.39 is 11.6 Å². The van der Waals surface area contributed by atoms with E-state index in [1.165, 1.54) is 12.1 Å². The lowest BCUT2D eigenvalue weighted by molar-refractivity contribution is -0.118. The first kappa shape index (κ1) is 15.0. The fourth-order valence-electron chi connectivity index (χ4n) is 1.36. The highest BCUT2D eigenvalue weighted by atomic mass is 19.2. The summed E-state index contributed by atoms with van der Waals surface area (Å²) < 4.78 is 28.8. The fourth-order valence-corrected chi connectivity index (χ4v) is 1.36. The lowest BCUT2D eigenvalue weighted by Crippen LogP contribution is -2.29. The number of halogens is 2. The Kier molecular flexibility index (Phi) is 6.74. The molecule has 1 atom stereocenters. The molecule has 1 aliphatic heterocycles. The van der Waals surface area contributed by atoms with E-state index in [1.54, 1.807) is 7.11 Å². The molecule has 4 nitrogen and oxygen atoms in total. The van der Waals surface area contributed by atoms with Gasteiger partial charge in [-0.1, -0.05) is 12.1 Å². The van der Waals surface area contributed by atoms with Crippen LogP contribution in [0, 0.1) is 11.6 Å². The zero-order valence-electron chi connectivity index (χ0n) is 10.3. The van der Waals surface area contributed by atoms with Crippen LogP contribution in [-0.2, 0) is 9.57 Å². The average Bonchev–Trinajstić information content (AvgIpc) is 2.77. The summed E-state index contributed by atoms with van der Waals surface area (Å²) in [5, 5.41) is 1.84. The van der Waals surface area contributed by atoms with E-state index in [0.29, 0.717) is 13.2 Å². The topological polar surface area (TPSA) is 47.7 Å². The minimum atomic E-state index is -0.799. The quantitative estimate of drug-likeness (QED) is 0.886. The van der Waals surface area contributed by atoms with Crippen LogP contribution in [0.15, 0.2) is 24.3 Å². The van der Waals surface area contributed by atoms with Crippen LogP contribution in [-0.4, -0.2) is 44.5 Å². The Morgan fingerprint density at radius 2 is 2.00 bits per heavy atom. The summed E-state index contributed by atoms with van der Waals surface area (Å²) in [6, 6.07) is 5.22. The fraction of sp³-hybridized carbons (Fsp3) is 0.500. The maximum Gasteiger partial charge on any atom is 0.158 e. The molecular weight excluding hydrogens is 242 g/mol. The predicted octanol–water partition coefficient (Wildman–Crippen LogP) is 1.17. The molecule has 6 heteroatoms. The van der Waals surface area contributed by atoms with Crippen molar-refractivity contribution in [1.29, 1.82) is 0 Å². The number of ether oxygens (including phenoxy) is 1. The van der Waals surface area contributed by atoms with E-state index in [4.69, 9.17) is 15.3 Å². The highest BCUT2D eigenvalue weighted by Gasteiger charge is 2.18. The van der Waals surface area contributed by atoms with Crippen molar-refractivity contribution in [3.63, 3.8) is 0 Å². The van der Waals surface area contributed by atoms with Crippen LogP contribution in [0.5, 0.6) is 0 Å². The lowest BCUT2D eigenvalue weighted by atomic mass is 10.3. The molecule has 1 aromatic carbocycles. The van der Waals surface area contributed by atoms with Crippen molar-refractivity contribution in [2.75, 3.05) is 33.4 Å². The number of nitrogens with two attached hydrogens (primary N) is 1. The van der Waals surface area contributed by atoms with Crippen LogP contribution in [0.3, 0.4) is 0 Å². The van der Waals surface area contributed by atoms with Crippen LogP contribution in [0.1, 0.15) is 0 Å². The minimum absolute atomic E-state index is 0.178. The number of hydrogen-bond donors (Lipinski definition) is 1. The van der Waals surface area contributed by atoms with E-state index >= 15 is 0 Å². The van der Waals surface area contributed by atoms with Crippen molar-refractivity contribution in [1.82, 2.24) is 5.06 Å². The van der Waals surface area contributed by atoms with Crippen molar-refractivity contribution in [2.45, 2.75) is 6.04 Å². The van der Waals surface area contributed by atoms with Gasteiger partial charge in [0.25, 0.3) is 0 Å². The zero-order valence-corrected chi connectivity index (χ0v) is 10.3. The standard InChI is InChI=1S/C6H4F2.C6H14N2O2/c7-5-3-1-2-4-6(5)8;1-9-3-2-8-4-6(7)5-10-8/h1-4H;6H,2-5,7H2,1H3. The van der Waals surface area contributed by atoms with Gasteiger partial charge in [-0.05, 0) is 12.1 Å². The minimum Gasteiger partial charge on any atom is -0.383 e. The average molecular weight is 260 g/mol. The lowest BCUT2D eigenvalue weighted by Gasteiger charge is -2.11. The first-order chi connectivity index (χ1) is 8.63. The Labute approximate surface area is 105 Å². The summed E-state index contributed by atoms with van der Waals surface area (Å²) in [5.74, 6) is -1.60. The molecule has 2 N–H and O–H groups in total. The van der Waals surface area contributed by atoms with Gasteiger partial charge < -0.3 is 10.5 Å². The second kappa shape index (κ2) is 8.10. The Hall–Kier alpha value is -1.08. The summed E-state index contributed by atoms with van der Waals surface area (Å²) in [5.41, 5.74) is 5.59. The number of hydroxylamine groups is 2. The number of rotatable bonds is 3. The molecule has 2 rings (SSSR count). The molecule has 1 fully saturated rings. The smallest absolute Gasteiger partial charge is 0.158 e.